The summed E-state index contributed by atoms with van der Waals surface area (Å²) in [5.74, 6) is 0.919. The van der Waals surface area contributed by atoms with Crippen molar-refractivity contribution in [2.24, 2.45) is 0 Å². The first kappa shape index (κ1) is 21.9. The van der Waals surface area contributed by atoms with E-state index in [1.54, 1.807) is 7.11 Å². The smallest absolute Gasteiger partial charge is 0.258 e. The first-order valence-electron chi connectivity index (χ1n) is 9.70. The Bertz CT molecular complexity index is 949. The summed E-state index contributed by atoms with van der Waals surface area (Å²) in [6.07, 6.45) is 0. The Morgan fingerprint density at radius 1 is 0.867 bits per heavy atom. The van der Waals surface area contributed by atoms with Crippen LogP contribution in [0.15, 0.2) is 77.3 Å². The molecule has 0 aliphatic carbocycles. The van der Waals surface area contributed by atoms with Crippen LogP contribution in [-0.2, 0) is 24.4 Å². The van der Waals surface area contributed by atoms with E-state index in [2.05, 4.69) is 38.7 Å². The summed E-state index contributed by atoms with van der Waals surface area (Å²) < 4.78 is 12.1. The number of methoxy groups -OCH3 is 1. The quantitative estimate of drug-likeness (QED) is 0.461. The summed E-state index contributed by atoms with van der Waals surface area (Å²) in [7, 11) is 1.59. The molecule has 0 saturated heterocycles. The monoisotopic (exact) mass is 468 g/mol. The van der Waals surface area contributed by atoms with Gasteiger partial charge in [-0.2, -0.15) is 0 Å². The highest BCUT2D eigenvalue weighted by Gasteiger charge is 2.12. The van der Waals surface area contributed by atoms with Gasteiger partial charge in [0.2, 0.25) is 0 Å². The first-order valence-corrected chi connectivity index (χ1v) is 10.5. The van der Waals surface area contributed by atoms with Crippen LogP contribution in [0.1, 0.15) is 16.7 Å². The summed E-state index contributed by atoms with van der Waals surface area (Å²) in [5, 5.41) is 6.27. The normalized spacial score (nSPS) is 10.5. The Morgan fingerprint density at radius 3 is 2.13 bits per heavy atom. The van der Waals surface area contributed by atoms with Crippen LogP contribution in [0.5, 0.6) is 11.5 Å². The Hall–Kier alpha value is -2.83. The van der Waals surface area contributed by atoms with Gasteiger partial charge in [-0.1, -0.05) is 76.6 Å². The van der Waals surface area contributed by atoms with Gasteiger partial charge in [0.25, 0.3) is 5.91 Å². The van der Waals surface area contributed by atoms with Crippen molar-refractivity contribution in [2.75, 3.05) is 13.7 Å². The van der Waals surface area contributed by atoms with Crippen LogP contribution in [0.25, 0.3) is 0 Å². The van der Waals surface area contributed by atoms with E-state index in [0.29, 0.717) is 24.6 Å². The summed E-state index contributed by atoms with van der Waals surface area (Å²) in [6.45, 7) is 1.83. The maximum Gasteiger partial charge on any atom is 0.258 e. The molecule has 0 bridgehead atoms. The predicted octanol–water partition coefficient (Wildman–Crippen LogP) is 4.44. The van der Waals surface area contributed by atoms with Crippen molar-refractivity contribution in [3.63, 3.8) is 0 Å². The van der Waals surface area contributed by atoms with Gasteiger partial charge in [0.15, 0.2) is 18.1 Å². The third kappa shape index (κ3) is 6.61. The third-order valence-electron chi connectivity index (χ3n) is 4.51. The molecule has 0 aliphatic heterocycles. The van der Waals surface area contributed by atoms with Gasteiger partial charge in [0.05, 0.1) is 7.11 Å². The fourth-order valence-corrected chi connectivity index (χ4v) is 3.38. The van der Waals surface area contributed by atoms with Crippen LogP contribution >= 0.6 is 15.9 Å². The van der Waals surface area contributed by atoms with Crippen LogP contribution in [0.3, 0.4) is 0 Å². The molecule has 156 valence electrons. The second-order valence-corrected chi connectivity index (χ2v) is 7.59. The highest BCUT2D eigenvalue weighted by Crippen LogP contribution is 2.33. The summed E-state index contributed by atoms with van der Waals surface area (Å²) in [4.78, 5) is 12.1. The van der Waals surface area contributed by atoms with E-state index in [1.165, 1.54) is 5.56 Å². The van der Waals surface area contributed by atoms with Gasteiger partial charge in [0.1, 0.15) is 0 Å². The largest absolute Gasteiger partial charge is 0.493 e. The minimum Gasteiger partial charge on any atom is -0.493 e. The standard InChI is InChI=1S/C24H25BrN2O3/c1-29-22-12-20(16-26-14-18-8-4-2-5-9-18)21(25)13-23(22)30-17-24(28)27-15-19-10-6-3-7-11-19/h2-13,26H,14-17H2,1H3,(H,27,28). The molecule has 0 spiro atoms. The van der Waals surface area contributed by atoms with E-state index in [9.17, 15) is 4.79 Å². The maximum atomic E-state index is 12.1. The van der Waals surface area contributed by atoms with E-state index >= 15 is 0 Å². The number of hydrogen-bond donors (Lipinski definition) is 2. The number of rotatable bonds is 10. The van der Waals surface area contributed by atoms with Crippen molar-refractivity contribution in [3.8, 4) is 11.5 Å². The molecule has 0 aromatic heterocycles. The first-order chi connectivity index (χ1) is 14.7. The molecule has 6 heteroatoms. The molecule has 3 rings (SSSR count). The van der Waals surface area contributed by atoms with Crippen molar-refractivity contribution in [1.29, 1.82) is 0 Å². The van der Waals surface area contributed by atoms with Gasteiger partial charge in [-0.3, -0.25) is 4.79 Å². The van der Waals surface area contributed by atoms with Crippen LogP contribution in [0, 0.1) is 0 Å². The fourth-order valence-electron chi connectivity index (χ4n) is 2.91. The van der Waals surface area contributed by atoms with Gasteiger partial charge in [-0.15, -0.1) is 0 Å². The van der Waals surface area contributed by atoms with Gasteiger partial charge in [-0.25, -0.2) is 0 Å². The number of hydrogen-bond acceptors (Lipinski definition) is 4. The van der Waals surface area contributed by atoms with Crippen LogP contribution in [0.2, 0.25) is 0 Å². The van der Waals surface area contributed by atoms with Gasteiger partial charge in [-0.05, 0) is 28.8 Å². The topological polar surface area (TPSA) is 59.6 Å². The Balaban J connectivity index is 1.53. The molecule has 1 amide bonds. The van der Waals surface area contributed by atoms with Crippen molar-refractivity contribution >= 4 is 21.8 Å². The van der Waals surface area contributed by atoms with Crippen LogP contribution < -0.4 is 20.1 Å². The number of carbonyl (C=O) groups is 1. The SMILES string of the molecule is COc1cc(CNCc2ccccc2)c(Br)cc1OCC(=O)NCc1ccccc1. The zero-order chi connectivity index (χ0) is 21.2. The molecule has 3 aromatic carbocycles. The molecular formula is C24H25BrN2O3. The lowest BCUT2D eigenvalue weighted by molar-refractivity contribution is -0.123. The lowest BCUT2D eigenvalue weighted by Gasteiger charge is -2.14. The van der Waals surface area contributed by atoms with E-state index in [4.69, 9.17) is 9.47 Å². The van der Waals surface area contributed by atoms with Gasteiger partial charge in [0, 0.05) is 24.1 Å². The number of ether oxygens (including phenoxy) is 2. The van der Waals surface area contributed by atoms with Crippen LogP contribution in [0.4, 0.5) is 0 Å². The van der Waals surface area contributed by atoms with Crippen molar-refractivity contribution in [2.45, 2.75) is 19.6 Å². The lowest BCUT2D eigenvalue weighted by atomic mass is 10.2. The zero-order valence-electron chi connectivity index (χ0n) is 16.9. The summed E-state index contributed by atoms with van der Waals surface area (Å²) >= 11 is 3.59. The molecule has 2 N–H and O–H groups in total. The summed E-state index contributed by atoms with van der Waals surface area (Å²) in [6, 6.07) is 23.7. The Morgan fingerprint density at radius 2 is 1.50 bits per heavy atom. The van der Waals surface area contributed by atoms with Crippen molar-refractivity contribution < 1.29 is 14.3 Å². The molecule has 5 nitrogen and oxygen atoms in total. The molecule has 0 aliphatic rings. The van der Waals surface area contributed by atoms with E-state index in [-0.39, 0.29) is 12.5 Å². The third-order valence-corrected chi connectivity index (χ3v) is 5.25. The summed E-state index contributed by atoms with van der Waals surface area (Å²) in [5.41, 5.74) is 3.31. The average Bonchev–Trinajstić information content (AvgIpc) is 2.78. The van der Waals surface area contributed by atoms with Crippen molar-refractivity contribution in [3.05, 3.63) is 94.0 Å². The molecule has 30 heavy (non-hydrogen) atoms. The lowest BCUT2D eigenvalue weighted by Crippen LogP contribution is -2.28. The highest BCUT2D eigenvalue weighted by atomic mass is 79.9. The number of halogens is 1. The van der Waals surface area contributed by atoms with Gasteiger partial charge < -0.3 is 20.1 Å². The van der Waals surface area contributed by atoms with Crippen LogP contribution in [-0.4, -0.2) is 19.6 Å². The molecule has 0 heterocycles. The minimum atomic E-state index is -0.189. The zero-order valence-corrected chi connectivity index (χ0v) is 18.4. The number of nitrogens with one attached hydrogen (secondary N) is 2. The Labute approximate surface area is 185 Å². The molecule has 0 radical (unpaired) electrons. The Kier molecular flexibility index (Phi) is 8.30. The van der Waals surface area contributed by atoms with E-state index in [0.717, 1.165) is 22.1 Å². The van der Waals surface area contributed by atoms with E-state index in [1.807, 2.05) is 60.7 Å². The fraction of sp³-hybridized carbons (Fsp3) is 0.208. The molecule has 0 fully saturated rings. The number of carbonyl (C=O) groups excluding carboxylic acids is 1. The predicted molar refractivity (Wildman–Crippen MR) is 121 cm³/mol. The highest BCUT2D eigenvalue weighted by molar-refractivity contribution is 9.10. The van der Waals surface area contributed by atoms with Crippen molar-refractivity contribution in [1.82, 2.24) is 10.6 Å². The second kappa shape index (κ2) is 11.4. The number of benzene rings is 3. The molecule has 0 atom stereocenters. The second-order valence-electron chi connectivity index (χ2n) is 6.73. The molecular weight excluding hydrogens is 444 g/mol. The minimum absolute atomic E-state index is 0.0821. The van der Waals surface area contributed by atoms with E-state index < -0.39 is 0 Å². The maximum absolute atomic E-state index is 12.1. The molecule has 3 aromatic rings. The van der Waals surface area contributed by atoms with Gasteiger partial charge >= 0.3 is 0 Å². The molecule has 0 saturated carbocycles. The number of amides is 1. The molecule has 0 unspecified atom stereocenters. The average molecular weight is 469 g/mol.